The van der Waals surface area contributed by atoms with Crippen LogP contribution in [0.2, 0.25) is 0 Å². The number of aliphatic imine (C=N–C) groups is 1. The van der Waals surface area contributed by atoms with E-state index < -0.39 is 0 Å². The minimum Gasteiger partial charge on any atom is -0.507 e. The van der Waals surface area contributed by atoms with Gasteiger partial charge in [-0.15, -0.1) is 0 Å². The maximum Gasteiger partial charge on any atom is 0.144 e. The number of para-hydroxylation sites is 2. The van der Waals surface area contributed by atoms with Crippen molar-refractivity contribution in [3.8, 4) is 11.5 Å². The second-order valence-electron chi connectivity index (χ2n) is 4.88. The normalized spacial score (nSPS) is 11.1. The largest absolute Gasteiger partial charge is 0.507 e. The van der Waals surface area contributed by atoms with E-state index in [9.17, 15) is 5.11 Å². The summed E-state index contributed by atoms with van der Waals surface area (Å²) in [4.78, 5) is 4.45. The van der Waals surface area contributed by atoms with Gasteiger partial charge in [0.1, 0.15) is 17.2 Å². The molecule has 22 heavy (non-hydrogen) atoms. The molecule has 0 aromatic heterocycles. The third-order valence-electron chi connectivity index (χ3n) is 3.44. The average Bonchev–Trinajstić information content (AvgIpc) is 2.56. The Morgan fingerprint density at radius 3 is 2.64 bits per heavy atom. The topological polar surface area (TPSA) is 41.8 Å². The number of aromatic hydroxyl groups is 1. The van der Waals surface area contributed by atoms with Gasteiger partial charge in [0.2, 0.25) is 0 Å². The molecule has 3 nitrogen and oxygen atoms in total. The quantitative estimate of drug-likeness (QED) is 0.708. The van der Waals surface area contributed by atoms with Gasteiger partial charge >= 0.3 is 0 Å². The first kappa shape index (κ1) is 14.1. The zero-order chi connectivity index (χ0) is 15.4. The predicted molar refractivity (Wildman–Crippen MR) is 90.5 cm³/mol. The van der Waals surface area contributed by atoms with Gasteiger partial charge in [-0.05, 0) is 30.5 Å². The summed E-state index contributed by atoms with van der Waals surface area (Å²) in [6, 6.07) is 19.2. The van der Waals surface area contributed by atoms with Crippen LogP contribution in [-0.2, 0) is 0 Å². The van der Waals surface area contributed by atoms with Gasteiger partial charge in [-0.1, -0.05) is 42.5 Å². The lowest BCUT2D eigenvalue weighted by molar-refractivity contribution is 0.341. The number of ether oxygens (including phenoxy) is 1. The first-order valence-corrected chi connectivity index (χ1v) is 7.26. The molecule has 3 aromatic rings. The van der Waals surface area contributed by atoms with Gasteiger partial charge in [0, 0.05) is 17.2 Å². The van der Waals surface area contributed by atoms with Gasteiger partial charge in [0.05, 0.1) is 6.61 Å². The molecular formula is C19H17NO2. The summed E-state index contributed by atoms with van der Waals surface area (Å²) in [5.74, 6) is 0.984. The molecule has 0 saturated heterocycles. The number of hydrogen-bond donors (Lipinski definition) is 1. The molecule has 0 radical (unpaired) electrons. The fourth-order valence-corrected chi connectivity index (χ4v) is 2.36. The van der Waals surface area contributed by atoms with E-state index in [-0.39, 0.29) is 5.75 Å². The number of nitrogens with zero attached hydrogens (tertiary/aromatic N) is 1. The van der Waals surface area contributed by atoms with Crippen LogP contribution < -0.4 is 4.74 Å². The molecule has 0 unspecified atom stereocenters. The van der Waals surface area contributed by atoms with E-state index in [1.54, 1.807) is 6.21 Å². The number of phenols is 1. The molecule has 0 aliphatic rings. The van der Waals surface area contributed by atoms with Crippen LogP contribution in [0.1, 0.15) is 12.5 Å². The van der Waals surface area contributed by atoms with E-state index in [2.05, 4.69) is 4.99 Å². The van der Waals surface area contributed by atoms with Crippen molar-refractivity contribution in [3.63, 3.8) is 0 Å². The SMILES string of the molecule is CCOc1ccccc1N=Cc1ccc2ccccc2c1O. The molecule has 3 heteroatoms. The molecule has 3 rings (SSSR count). The molecule has 3 aromatic carbocycles. The van der Waals surface area contributed by atoms with Gasteiger partial charge in [-0.25, -0.2) is 0 Å². The summed E-state index contributed by atoms with van der Waals surface area (Å²) in [6.45, 7) is 2.53. The van der Waals surface area contributed by atoms with Crippen molar-refractivity contribution in [1.29, 1.82) is 0 Å². The van der Waals surface area contributed by atoms with Gasteiger partial charge in [0.15, 0.2) is 0 Å². The van der Waals surface area contributed by atoms with Gasteiger partial charge in [0.25, 0.3) is 0 Å². The number of phenolic OH excluding ortho intramolecular Hbond substituents is 1. The molecule has 0 atom stereocenters. The monoisotopic (exact) mass is 291 g/mol. The lowest BCUT2D eigenvalue weighted by Gasteiger charge is -2.06. The Labute approximate surface area is 129 Å². The third-order valence-corrected chi connectivity index (χ3v) is 3.44. The molecule has 0 bridgehead atoms. The van der Waals surface area contributed by atoms with E-state index >= 15 is 0 Å². The fraction of sp³-hybridized carbons (Fsp3) is 0.105. The molecular weight excluding hydrogens is 274 g/mol. The lowest BCUT2D eigenvalue weighted by atomic mass is 10.1. The zero-order valence-corrected chi connectivity index (χ0v) is 12.4. The molecule has 0 spiro atoms. The van der Waals surface area contributed by atoms with Crippen LogP contribution >= 0.6 is 0 Å². The minimum absolute atomic E-state index is 0.246. The van der Waals surface area contributed by atoms with E-state index in [0.29, 0.717) is 12.2 Å². The predicted octanol–water partition coefficient (Wildman–Crippen LogP) is 4.69. The fourth-order valence-electron chi connectivity index (χ4n) is 2.36. The Balaban J connectivity index is 1.98. The Morgan fingerprint density at radius 1 is 1.00 bits per heavy atom. The molecule has 110 valence electrons. The van der Waals surface area contributed by atoms with Crippen molar-refractivity contribution in [2.75, 3.05) is 6.61 Å². The summed E-state index contributed by atoms with van der Waals surface area (Å²) in [6.07, 6.45) is 1.67. The number of rotatable bonds is 4. The summed E-state index contributed by atoms with van der Waals surface area (Å²) in [5.41, 5.74) is 1.43. The molecule has 0 aliphatic carbocycles. The van der Waals surface area contributed by atoms with Gasteiger partial charge < -0.3 is 9.84 Å². The first-order chi connectivity index (χ1) is 10.8. The Hall–Kier alpha value is -2.81. The molecule has 0 heterocycles. The lowest BCUT2D eigenvalue weighted by Crippen LogP contribution is -1.91. The molecule has 1 N–H and O–H groups in total. The second-order valence-corrected chi connectivity index (χ2v) is 4.88. The van der Waals surface area contributed by atoms with E-state index in [1.165, 1.54) is 0 Å². The van der Waals surface area contributed by atoms with Crippen molar-refractivity contribution in [2.24, 2.45) is 4.99 Å². The van der Waals surface area contributed by atoms with E-state index in [0.717, 1.165) is 22.2 Å². The van der Waals surface area contributed by atoms with Gasteiger partial charge in [-0.2, -0.15) is 0 Å². The molecule has 0 amide bonds. The van der Waals surface area contributed by atoms with Crippen LogP contribution in [0.3, 0.4) is 0 Å². The Morgan fingerprint density at radius 2 is 1.77 bits per heavy atom. The summed E-state index contributed by atoms with van der Waals surface area (Å²) < 4.78 is 5.55. The second kappa shape index (κ2) is 6.31. The van der Waals surface area contributed by atoms with Gasteiger partial charge in [-0.3, -0.25) is 4.99 Å². The van der Waals surface area contributed by atoms with E-state index in [4.69, 9.17) is 4.74 Å². The van der Waals surface area contributed by atoms with Crippen LogP contribution in [0.5, 0.6) is 11.5 Å². The Kier molecular flexibility index (Phi) is 4.05. The minimum atomic E-state index is 0.246. The first-order valence-electron chi connectivity index (χ1n) is 7.26. The van der Waals surface area contributed by atoms with E-state index in [1.807, 2.05) is 67.6 Å². The van der Waals surface area contributed by atoms with Crippen LogP contribution in [0.4, 0.5) is 5.69 Å². The van der Waals surface area contributed by atoms with Crippen LogP contribution in [-0.4, -0.2) is 17.9 Å². The smallest absolute Gasteiger partial charge is 0.144 e. The number of hydrogen-bond acceptors (Lipinski definition) is 3. The third kappa shape index (κ3) is 2.79. The van der Waals surface area contributed by atoms with Crippen molar-refractivity contribution in [3.05, 3.63) is 66.2 Å². The van der Waals surface area contributed by atoms with Crippen LogP contribution in [0.25, 0.3) is 10.8 Å². The summed E-state index contributed by atoms with van der Waals surface area (Å²) >= 11 is 0. The summed E-state index contributed by atoms with van der Waals surface area (Å²) in [5, 5.41) is 12.2. The standard InChI is InChI=1S/C19H17NO2/c1-2-22-18-10-6-5-9-17(18)20-13-15-12-11-14-7-3-4-8-16(14)19(15)21/h3-13,21H,2H2,1H3. The van der Waals surface area contributed by atoms with Crippen molar-refractivity contribution in [2.45, 2.75) is 6.92 Å². The highest BCUT2D eigenvalue weighted by Crippen LogP contribution is 2.30. The highest BCUT2D eigenvalue weighted by molar-refractivity contribution is 5.97. The zero-order valence-electron chi connectivity index (χ0n) is 12.4. The molecule has 0 saturated carbocycles. The van der Waals surface area contributed by atoms with Crippen LogP contribution in [0, 0.1) is 0 Å². The van der Waals surface area contributed by atoms with Crippen molar-refractivity contribution in [1.82, 2.24) is 0 Å². The molecule has 0 aliphatic heterocycles. The number of fused-ring (bicyclic) bond motifs is 1. The molecule has 0 fully saturated rings. The summed E-state index contributed by atoms with van der Waals surface area (Å²) in [7, 11) is 0. The highest BCUT2D eigenvalue weighted by atomic mass is 16.5. The maximum absolute atomic E-state index is 10.4. The van der Waals surface area contributed by atoms with Crippen molar-refractivity contribution < 1.29 is 9.84 Å². The van der Waals surface area contributed by atoms with Crippen molar-refractivity contribution >= 4 is 22.7 Å². The maximum atomic E-state index is 10.4. The van der Waals surface area contributed by atoms with Crippen LogP contribution in [0.15, 0.2) is 65.7 Å². The average molecular weight is 291 g/mol. The Bertz CT molecular complexity index is 825. The number of benzene rings is 3. The highest BCUT2D eigenvalue weighted by Gasteiger charge is 2.05.